The number of aryl methyl sites for hydroxylation is 2. The third kappa shape index (κ3) is 2.90. The predicted molar refractivity (Wildman–Crippen MR) is 87.8 cm³/mol. The molecular formula is C16H13ClFN3O3. The average molecular weight is 350 g/mol. The van der Waals surface area contributed by atoms with E-state index < -0.39 is 11.7 Å². The molecule has 0 radical (unpaired) electrons. The molecule has 0 atom stereocenters. The molecule has 0 spiro atoms. The zero-order chi connectivity index (χ0) is 17.4. The SMILES string of the molecule is Cc1oc2ncn(CC(=O)Nc3ccc(F)cc3Cl)c(=O)c2c1C. The van der Waals surface area contributed by atoms with Crippen molar-refractivity contribution >= 4 is 34.3 Å². The number of hydrogen-bond donors (Lipinski definition) is 1. The number of rotatable bonds is 3. The number of carbonyl (C=O) groups is 1. The van der Waals surface area contributed by atoms with Gasteiger partial charge in [0.15, 0.2) is 0 Å². The van der Waals surface area contributed by atoms with E-state index in [1.807, 2.05) is 0 Å². The summed E-state index contributed by atoms with van der Waals surface area (Å²) in [4.78, 5) is 28.6. The maximum absolute atomic E-state index is 13.0. The molecule has 0 fully saturated rings. The second-order valence-corrected chi connectivity index (χ2v) is 5.72. The van der Waals surface area contributed by atoms with E-state index in [0.29, 0.717) is 16.7 Å². The molecule has 0 saturated heterocycles. The Bertz CT molecular complexity index is 1010. The maximum atomic E-state index is 13.0. The number of benzene rings is 1. The first-order valence-corrected chi connectivity index (χ1v) is 7.44. The molecule has 1 aromatic carbocycles. The summed E-state index contributed by atoms with van der Waals surface area (Å²) in [5.41, 5.74) is 0.835. The number of fused-ring (bicyclic) bond motifs is 1. The average Bonchev–Trinajstić information content (AvgIpc) is 2.81. The zero-order valence-corrected chi connectivity index (χ0v) is 13.6. The van der Waals surface area contributed by atoms with Crippen LogP contribution in [0.1, 0.15) is 11.3 Å². The van der Waals surface area contributed by atoms with Crippen LogP contribution in [0, 0.1) is 19.7 Å². The number of aromatic nitrogens is 2. The minimum absolute atomic E-state index is 0.0746. The van der Waals surface area contributed by atoms with Gasteiger partial charge in [-0.05, 0) is 32.0 Å². The zero-order valence-electron chi connectivity index (χ0n) is 12.9. The number of amides is 1. The van der Waals surface area contributed by atoms with E-state index in [4.69, 9.17) is 16.0 Å². The third-order valence-corrected chi connectivity index (χ3v) is 3.99. The molecule has 2 aromatic heterocycles. The molecule has 3 aromatic rings. The molecule has 8 heteroatoms. The van der Waals surface area contributed by atoms with E-state index >= 15 is 0 Å². The minimum atomic E-state index is -0.505. The summed E-state index contributed by atoms with van der Waals surface area (Å²) in [6.07, 6.45) is 1.25. The fourth-order valence-electron chi connectivity index (χ4n) is 2.32. The maximum Gasteiger partial charge on any atom is 0.265 e. The number of furan rings is 1. The molecule has 2 heterocycles. The van der Waals surface area contributed by atoms with Crippen molar-refractivity contribution in [2.24, 2.45) is 0 Å². The van der Waals surface area contributed by atoms with Gasteiger partial charge in [0.1, 0.15) is 29.8 Å². The van der Waals surface area contributed by atoms with E-state index in [-0.39, 0.29) is 28.5 Å². The number of halogens is 2. The Morgan fingerprint density at radius 3 is 2.88 bits per heavy atom. The third-order valence-electron chi connectivity index (χ3n) is 3.67. The van der Waals surface area contributed by atoms with Gasteiger partial charge in [-0.2, -0.15) is 0 Å². The van der Waals surface area contributed by atoms with E-state index in [1.54, 1.807) is 13.8 Å². The molecule has 0 aliphatic carbocycles. The van der Waals surface area contributed by atoms with Crippen molar-refractivity contribution in [2.45, 2.75) is 20.4 Å². The van der Waals surface area contributed by atoms with E-state index in [9.17, 15) is 14.0 Å². The van der Waals surface area contributed by atoms with Gasteiger partial charge in [-0.3, -0.25) is 14.2 Å². The Kier molecular flexibility index (Phi) is 4.11. The first-order chi connectivity index (χ1) is 11.4. The monoisotopic (exact) mass is 349 g/mol. The van der Waals surface area contributed by atoms with Crippen molar-refractivity contribution in [3.8, 4) is 0 Å². The van der Waals surface area contributed by atoms with Crippen LogP contribution >= 0.6 is 11.6 Å². The summed E-state index contributed by atoms with van der Waals surface area (Å²) in [5.74, 6) is -0.380. The number of anilines is 1. The van der Waals surface area contributed by atoms with Gasteiger partial charge in [-0.25, -0.2) is 9.37 Å². The lowest BCUT2D eigenvalue weighted by atomic mass is 10.2. The van der Waals surface area contributed by atoms with Gasteiger partial charge in [-0.1, -0.05) is 11.6 Å². The Hall–Kier alpha value is -2.67. The van der Waals surface area contributed by atoms with Gasteiger partial charge in [-0.15, -0.1) is 0 Å². The van der Waals surface area contributed by atoms with Crippen LogP contribution < -0.4 is 10.9 Å². The van der Waals surface area contributed by atoms with Gasteiger partial charge in [0.2, 0.25) is 11.6 Å². The van der Waals surface area contributed by atoms with Crippen molar-refractivity contribution in [2.75, 3.05) is 5.32 Å². The van der Waals surface area contributed by atoms with Crippen LogP contribution in [0.25, 0.3) is 11.1 Å². The first kappa shape index (κ1) is 16.2. The Labute approximate surface area is 140 Å². The standard InChI is InChI=1S/C16H13ClFN3O3/c1-8-9(2)24-15-14(8)16(23)21(7-19-15)6-13(22)20-12-4-3-10(18)5-11(12)17/h3-5,7H,6H2,1-2H3,(H,20,22). The lowest BCUT2D eigenvalue weighted by Gasteiger charge is -2.08. The number of hydrogen-bond acceptors (Lipinski definition) is 4. The molecule has 124 valence electrons. The van der Waals surface area contributed by atoms with E-state index in [1.165, 1.54) is 23.0 Å². The van der Waals surface area contributed by atoms with Crippen molar-refractivity contribution < 1.29 is 13.6 Å². The van der Waals surface area contributed by atoms with E-state index in [0.717, 1.165) is 6.07 Å². The predicted octanol–water partition coefficient (Wildman–Crippen LogP) is 3.04. The summed E-state index contributed by atoms with van der Waals surface area (Å²) in [6, 6.07) is 3.62. The summed E-state index contributed by atoms with van der Waals surface area (Å²) < 4.78 is 19.6. The molecule has 0 aliphatic rings. The van der Waals surface area contributed by atoms with Gasteiger partial charge >= 0.3 is 0 Å². The highest BCUT2D eigenvalue weighted by Gasteiger charge is 2.15. The van der Waals surface area contributed by atoms with Crippen LogP contribution in [-0.4, -0.2) is 15.5 Å². The van der Waals surface area contributed by atoms with E-state index in [2.05, 4.69) is 10.3 Å². The van der Waals surface area contributed by atoms with Crippen molar-refractivity contribution in [3.05, 3.63) is 57.0 Å². The van der Waals surface area contributed by atoms with Crippen LogP contribution in [0.4, 0.5) is 10.1 Å². The fraction of sp³-hybridized carbons (Fsp3) is 0.188. The van der Waals surface area contributed by atoms with Gasteiger partial charge in [0.25, 0.3) is 5.56 Å². The van der Waals surface area contributed by atoms with Crippen molar-refractivity contribution in [1.82, 2.24) is 9.55 Å². The lowest BCUT2D eigenvalue weighted by molar-refractivity contribution is -0.116. The topological polar surface area (TPSA) is 77.1 Å². The highest BCUT2D eigenvalue weighted by atomic mass is 35.5. The molecule has 0 saturated carbocycles. The molecule has 0 bridgehead atoms. The van der Waals surface area contributed by atoms with Crippen molar-refractivity contribution in [1.29, 1.82) is 0 Å². The number of nitrogens with zero attached hydrogens (tertiary/aromatic N) is 2. The first-order valence-electron chi connectivity index (χ1n) is 7.07. The minimum Gasteiger partial charge on any atom is -0.443 e. The normalized spacial score (nSPS) is 11.0. The molecule has 3 rings (SSSR count). The van der Waals surface area contributed by atoms with Crippen LogP contribution in [-0.2, 0) is 11.3 Å². The summed E-state index contributed by atoms with van der Waals surface area (Å²) >= 11 is 5.86. The molecule has 24 heavy (non-hydrogen) atoms. The van der Waals surface area contributed by atoms with Crippen LogP contribution in [0.15, 0.2) is 33.7 Å². The smallest absolute Gasteiger partial charge is 0.265 e. The van der Waals surface area contributed by atoms with Gasteiger partial charge < -0.3 is 9.73 Å². The van der Waals surface area contributed by atoms with Gasteiger partial charge in [0.05, 0.1) is 10.7 Å². The molecule has 1 N–H and O–H groups in total. The summed E-state index contributed by atoms with van der Waals surface area (Å²) in [6.45, 7) is 3.25. The van der Waals surface area contributed by atoms with Crippen LogP contribution in [0.5, 0.6) is 0 Å². The highest BCUT2D eigenvalue weighted by molar-refractivity contribution is 6.33. The molecule has 6 nitrogen and oxygen atoms in total. The van der Waals surface area contributed by atoms with Gasteiger partial charge in [0, 0.05) is 5.56 Å². The second kappa shape index (κ2) is 6.09. The molecular weight excluding hydrogens is 337 g/mol. The summed E-state index contributed by atoms with van der Waals surface area (Å²) in [5, 5.41) is 2.96. The fourth-order valence-corrected chi connectivity index (χ4v) is 2.53. The molecule has 0 unspecified atom stereocenters. The quantitative estimate of drug-likeness (QED) is 0.788. The number of nitrogens with one attached hydrogen (secondary N) is 1. The second-order valence-electron chi connectivity index (χ2n) is 5.31. The lowest BCUT2D eigenvalue weighted by Crippen LogP contribution is -2.28. The number of carbonyl (C=O) groups excluding carboxylic acids is 1. The Balaban J connectivity index is 1.87. The Morgan fingerprint density at radius 1 is 1.42 bits per heavy atom. The molecule has 0 aliphatic heterocycles. The highest BCUT2D eigenvalue weighted by Crippen LogP contribution is 2.22. The largest absolute Gasteiger partial charge is 0.443 e. The van der Waals surface area contributed by atoms with Crippen LogP contribution in [0.3, 0.4) is 0 Å². The van der Waals surface area contributed by atoms with Crippen LogP contribution in [0.2, 0.25) is 5.02 Å². The Morgan fingerprint density at radius 2 is 2.17 bits per heavy atom. The molecule has 1 amide bonds. The van der Waals surface area contributed by atoms with Crippen molar-refractivity contribution in [3.63, 3.8) is 0 Å². The summed E-state index contributed by atoms with van der Waals surface area (Å²) in [7, 11) is 0.